The lowest BCUT2D eigenvalue weighted by molar-refractivity contribution is 0.0993. The van der Waals surface area contributed by atoms with Crippen LogP contribution in [0.1, 0.15) is 10.4 Å². The molecular formula is C25H21N5O2. The van der Waals surface area contributed by atoms with Crippen LogP contribution in [-0.4, -0.2) is 40.0 Å². The van der Waals surface area contributed by atoms with Crippen LogP contribution in [0.4, 0.5) is 5.69 Å². The minimum Gasteiger partial charge on any atom is -0.497 e. The average Bonchev–Trinajstić information content (AvgIpc) is 3.57. The second-order valence-electron chi connectivity index (χ2n) is 7.35. The summed E-state index contributed by atoms with van der Waals surface area (Å²) in [4.78, 5) is 30.9. The summed E-state index contributed by atoms with van der Waals surface area (Å²) in [5.74, 6) is 0.610. The number of H-pyrrole nitrogens is 2. The molecule has 32 heavy (non-hydrogen) atoms. The summed E-state index contributed by atoms with van der Waals surface area (Å²) in [6.07, 6.45) is 3.71. The number of hydrogen-bond acceptors (Lipinski definition) is 4. The van der Waals surface area contributed by atoms with Gasteiger partial charge in [0.2, 0.25) is 0 Å². The predicted octanol–water partition coefficient (Wildman–Crippen LogP) is 4.91. The third-order valence-corrected chi connectivity index (χ3v) is 5.38. The molecular weight excluding hydrogens is 402 g/mol. The van der Waals surface area contributed by atoms with Gasteiger partial charge < -0.3 is 19.6 Å². The zero-order valence-electron chi connectivity index (χ0n) is 17.7. The van der Waals surface area contributed by atoms with E-state index < -0.39 is 0 Å². The van der Waals surface area contributed by atoms with Crippen LogP contribution in [-0.2, 0) is 0 Å². The van der Waals surface area contributed by atoms with Crippen molar-refractivity contribution in [1.82, 2.24) is 19.9 Å². The Hall–Kier alpha value is -4.39. The number of anilines is 1. The molecule has 7 heteroatoms. The predicted molar refractivity (Wildman–Crippen MR) is 125 cm³/mol. The Balaban J connectivity index is 1.56. The van der Waals surface area contributed by atoms with E-state index in [0.29, 0.717) is 16.6 Å². The lowest BCUT2D eigenvalue weighted by Gasteiger charge is -2.18. The Morgan fingerprint density at radius 1 is 0.844 bits per heavy atom. The monoisotopic (exact) mass is 423 g/mol. The highest BCUT2D eigenvalue weighted by atomic mass is 16.5. The zero-order chi connectivity index (χ0) is 22.1. The number of carbonyl (C=O) groups is 1. The SMILES string of the molecule is COc1ccc(N(C)C(=O)c2ccc3nc(-c4ccc[nH]4)c(-c4ccc[nH]4)nc3c2)cc1. The van der Waals surface area contributed by atoms with Crippen molar-refractivity contribution in [2.45, 2.75) is 0 Å². The van der Waals surface area contributed by atoms with Crippen molar-refractivity contribution in [2.75, 3.05) is 19.1 Å². The molecule has 2 aromatic carbocycles. The fraction of sp³-hybridized carbons (Fsp3) is 0.0800. The molecule has 158 valence electrons. The lowest BCUT2D eigenvalue weighted by Crippen LogP contribution is -2.26. The van der Waals surface area contributed by atoms with E-state index >= 15 is 0 Å². The van der Waals surface area contributed by atoms with Gasteiger partial charge in [-0.25, -0.2) is 9.97 Å². The lowest BCUT2D eigenvalue weighted by atomic mass is 10.1. The second-order valence-corrected chi connectivity index (χ2v) is 7.35. The first-order chi connectivity index (χ1) is 15.6. The molecule has 1 amide bonds. The number of aromatic amines is 2. The molecule has 3 heterocycles. The van der Waals surface area contributed by atoms with Gasteiger partial charge in [0.15, 0.2) is 0 Å². The van der Waals surface area contributed by atoms with Crippen LogP contribution in [0.5, 0.6) is 5.75 Å². The first-order valence-electron chi connectivity index (χ1n) is 10.2. The Kier molecular flexibility index (Phi) is 4.91. The maximum Gasteiger partial charge on any atom is 0.258 e. The highest BCUT2D eigenvalue weighted by molar-refractivity contribution is 6.07. The molecule has 5 rings (SSSR count). The Morgan fingerprint density at radius 2 is 1.47 bits per heavy atom. The van der Waals surface area contributed by atoms with Crippen molar-refractivity contribution in [3.8, 4) is 28.5 Å². The van der Waals surface area contributed by atoms with Gasteiger partial charge in [-0.2, -0.15) is 0 Å². The van der Waals surface area contributed by atoms with Gasteiger partial charge in [-0.05, 0) is 66.7 Å². The molecule has 0 saturated heterocycles. The molecule has 0 aliphatic rings. The van der Waals surface area contributed by atoms with E-state index in [1.54, 1.807) is 31.2 Å². The number of nitrogens with zero attached hydrogens (tertiary/aromatic N) is 3. The number of ether oxygens (including phenoxy) is 1. The van der Waals surface area contributed by atoms with Crippen molar-refractivity contribution in [2.24, 2.45) is 0 Å². The topological polar surface area (TPSA) is 86.9 Å². The summed E-state index contributed by atoms with van der Waals surface area (Å²) >= 11 is 0. The van der Waals surface area contributed by atoms with Crippen LogP contribution < -0.4 is 9.64 Å². The average molecular weight is 423 g/mol. The number of methoxy groups -OCH3 is 1. The molecule has 0 spiro atoms. The molecule has 0 fully saturated rings. The summed E-state index contributed by atoms with van der Waals surface area (Å²) in [6, 6.07) is 20.5. The fourth-order valence-corrected chi connectivity index (χ4v) is 3.63. The minimum atomic E-state index is -0.131. The van der Waals surface area contributed by atoms with Gasteiger partial charge in [0, 0.05) is 30.7 Å². The molecule has 0 saturated carbocycles. The molecule has 7 nitrogen and oxygen atoms in total. The summed E-state index contributed by atoms with van der Waals surface area (Å²) in [5.41, 5.74) is 5.88. The second kappa shape index (κ2) is 8.03. The molecule has 0 aliphatic heterocycles. The van der Waals surface area contributed by atoms with Gasteiger partial charge in [0.05, 0.1) is 29.5 Å². The van der Waals surface area contributed by atoms with Crippen molar-refractivity contribution < 1.29 is 9.53 Å². The van der Waals surface area contributed by atoms with Crippen LogP contribution >= 0.6 is 0 Å². The van der Waals surface area contributed by atoms with Gasteiger partial charge in [-0.3, -0.25) is 4.79 Å². The van der Waals surface area contributed by atoms with Crippen molar-refractivity contribution in [1.29, 1.82) is 0 Å². The summed E-state index contributed by atoms with van der Waals surface area (Å²) in [6.45, 7) is 0. The quantitative estimate of drug-likeness (QED) is 0.421. The van der Waals surface area contributed by atoms with E-state index in [1.807, 2.05) is 67.0 Å². The number of carbonyl (C=O) groups excluding carboxylic acids is 1. The van der Waals surface area contributed by atoms with Crippen molar-refractivity contribution in [3.63, 3.8) is 0 Å². The first-order valence-corrected chi connectivity index (χ1v) is 10.2. The number of hydrogen-bond donors (Lipinski definition) is 2. The van der Waals surface area contributed by atoms with Gasteiger partial charge in [-0.15, -0.1) is 0 Å². The summed E-state index contributed by atoms with van der Waals surface area (Å²) in [7, 11) is 3.36. The third kappa shape index (κ3) is 3.50. The van der Waals surface area contributed by atoms with Crippen LogP contribution in [0.3, 0.4) is 0 Å². The van der Waals surface area contributed by atoms with Crippen molar-refractivity contribution >= 4 is 22.6 Å². The van der Waals surface area contributed by atoms with E-state index in [4.69, 9.17) is 14.7 Å². The van der Waals surface area contributed by atoms with Crippen molar-refractivity contribution in [3.05, 3.63) is 84.7 Å². The Labute approximate surface area is 184 Å². The molecule has 0 unspecified atom stereocenters. The van der Waals surface area contributed by atoms with Crippen LogP contribution in [0, 0.1) is 0 Å². The molecule has 0 aliphatic carbocycles. The highest BCUT2D eigenvalue weighted by Crippen LogP contribution is 2.30. The molecule has 5 aromatic rings. The van der Waals surface area contributed by atoms with Crippen LogP contribution in [0.15, 0.2) is 79.1 Å². The van der Waals surface area contributed by atoms with Gasteiger partial charge in [0.1, 0.15) is 17.1 Å². The molecule has 0 atom stereocenters. The number of aromatic nitrogens is 4. The maximum atomic E-state index is 13.1. The summed E-state index contributed by atoms with van der Waals surface area (Å²) in [5, 5.41) is 0. The molecule has 2 N–H and O–H groups in total. The third-order valence-electron chi connectivity index (χ3n) is 5.38. The largest absolute Gasteiger partial charge is 0.497 e. The molecule has 0 bridgehead atoms. The highest BCUT2D eigenvalue weighted by Gasteiger charge is 2.18. The minimum absolute atomic E-state index is 0.131. The van der Waals surface area contributed by atoms with Gasteiger partial charge in [-0.1, -0.05) is 0 Å². The number of nitrogens with one attached hydrogen (secondary N) is 2. The van der Waals surface area contributed by atoms with Crippen LogP contribution in [0.2, 0.25) is 0 Å². The van der Waals surface area contributed by atoms with Gasteiger partial charge >= 0.3 is 0 Å². The standard InChI is InChI=1S/C25H21N5O2/c1-30(17-8-10-18(32-2)11-9-17)25(31)16-7-12-19-22(15-16)29-24(21-6-4-14-27-21)23(28-19)20-5-3-13-26-20/h3-15,26-27H,1-2H3. The Bertz CT molecular complexity index is 1370. The van der Waals surface area contributed by atoms with E-state index in [1.165, 1.54) is 0 Å². The molecule has 3 aromatic heterocycles. The zero-order valence-corrected chi connectivity index (χ0v) is 17.7. The van der Waals surface area contributed by atoms with E-state index in [2.05, 4.69) is 9.97 Å². The van der Waals surface area contributed by atoms with Gasteiger partial charge in [0.25, 0.3) is 5.91 Å². The van der Waals surface area contributed by atoms with E-state index in [-0.39, 0.29) is 5.91 Å². The number of amides is 1. The Morgan fingerprint density at radius 3 is 2.03 bits per heavy atom. The smallest absolute Gasteiger partial charge is 0.258 e. The first kappa shape index (κ1) is 19.6. The van der Waals surface area contributed by atoms with Crippen LogP contribution in [0.25, 0.3) is 33.8 Å². The summed E-state index contributed by atoms with van der Waals surface area (Å²) < 4.78 is 5.20. The van der Waals surface area contributed by atoms with E-state index in [9.17, 15) is 4.79 Å². The number of benzene rings is 2. The fourth-order valence-electron chi connectivity index (χ4n) is 3.63. The molecule has 0 radical (unpaired) electrons. The maximum absolute atomic E-state index is 13.1. The number of fused-ring (bicyclic) bond motifs is 1. The van der Waals surface area contributed by atoms with E-state index in [0.717, 1.165) is 34.2 Å². The normalized spacial score (nSPS) is 10.9. The number of rotatable bonds is 5.